The third-order valence-electron chi connectivity index (χ3n) is 4.82. The minimum absolute atomic E-state index is 0.00975. The van der Waals surface area contributed by atoms with E-state index in [4.69, 9.17) is 4.55 Å². The van der Waals surface area contributed by atoms with E-state index >= 15 is 0 Å². The fourth-order valence-corrected chi connectivity index (χ4v) is 4.22. The third kappa shape index (κ3) is 8.78. The lowest BCUT2D eigenvalue weighted by atomic mass is 10.3. The van der Waals surface area contributed by atoms with Crippen LogP contribution in [-0.4, -0.2) is 103 Å². The van der Waals surface area contributed by atoms with Crippen LogP contribution in [0.2, 0.25) is 0 Å². The second-order valence-electron chi connectivity index (χ2n) is 7.63. The molecule has 4 amide bonds. The largest absolute Gasteiger partial charge is 0.462 e. The summed E-state index contributed by atoms with van der Waals surface area (Å²) in [5, 5.41) is -3.87. The molecule has 2 fully saturated rings. The van der Waals surface area contributed by atoms with Gasteiger partial charge in [-0.2, -0.15) is 8.42 Å². The molecule has 21 heteroatoms. The quantitative estimate of drug-likeness (QED) is 0.0676. The Labute approximate surface area is 219 Å². The van der Waals surface area contributed by atoms with E-state index in [1.807, 2.05) is 0 Å². The van der Waals surface area contributed by atoms with Gasteiger partial charge in [-0.3, -0.25) is 33.3 Å². The molecule has 0 spiro atoms. The van der Waals surface area contributed by atoms with Crippen molar-refractivity contribution < 1.29 is 78.9 Å². The predicted octanol–water partition coefficient (Wildman–Crippen LogP) is -3.70. The van der Waals surface area contributed by atoms with Crippen LogP contribution in [0.1, 0.15) is 38.5 Å². The topological polar surface area (TPSA) is 268 Å². The average Bonchev–Trinajstić information content (AvgIpc) is 3.29. The number of carbonyl (C=O) groups excluding carboxylic acids is 8. The molecule has 2 unspecified atom stereocenters. The van der Waals surface area contributed by atoms with Gasteiger partial charge in [0.05, 0.1) is 38.5 Å². The Morgan fingerprint density at radius 2 is 1.15 bits per heavy atom. The van der Waals surface area contributed by atoms with Crippen LogP contribution in [0.25, 0.3) is 0 Å². The van der Waals surface area contributed by atoms with Gasteiger partial charge in [-0.15, -0.1) is 10.1 Å². The van der Waals surface area contributed by atoms with Gasteiger partial charge in [0, 0.05) is 0 Å². The van der Waals surface area contributed by atoms with Crippen molar-refractivity contribution in [3.8, 4) is 0 Å². The van der Waals surface area contributed by atoms with Crippen LogP contribution >= 0.6 is 0 Å². The highest BCUT2D eigenvalue weighted by Gasteiger charge is 2.48. The number of esters is 2. The highest BCUT2D eigenvalue weighted by molar-refractivity contribution is 7.87. The first kappa shape index (κ1) is 31.2. The molecule has 2 rings (SSSR count). The van der Waals surface area contributed by atoms with Crippen LogP contribution in [-0.2, 0) is 78.3 Å². The molecule has 0 aromatic carbocycles. The van der Waals surface area contributed by atoms with Crippen LogP contribution in [0.3, 0.4) is 0 Å². The Hall–Kier alpha value is -3.98. The maximum absolute atomic E-state index is 11.8. The van der Waals surface area contributed by atoms with E-state index < -0.39 is 131 Å². The molecule has 2 aliphatic heterocycles. The molecule has 0 aromatic rings. The summed E-state index contributed by atoms with van der Waals surface area (Å²) in [7, 11) is -8.16. The highest BCUT2D eigenvalue weighted by Crippen LogP contribution is 2.20. The second-order valence-corrected chi connectivity index (χ2v) is 10.4. The summed E-state index contributed by atoms with van der Waals surface area (Å²) < 4.78 is 62.1. The fraction of sp³-hybridized carbons (Fsp3) is 0.556. The summed E-state index contributed by atoms with van der Waals surface area (Å²) in [5.41, 5.74) is 0. The van der Waals surface area contributed by atoms with E-state index in [0.717, 1.165) is 0 Å². The van der Waals surface area contributed by atoms with E-state index in [1.54, 1.807) is 0 Å². The van der Waals surface area contributed by atoms with E-state index in [1.165, 1.54) is 0 Å². The zero-order valence-corrected chi connectivity index (χ0v) is 21.3. The molecule has 39 heavy (non-hydrogen) atoms. The van der Waals surface area contributed by atoms with Crippen LogP contribution in [0, 0.1) is 0 Å². The van der Waals surface area contributed by atoms with Gasteiger partial charge in [0.2, 0.25) is 0 Å². The van der Waals surface area contributed by atoms with Crippen LogP contribution < -0.4 is 0 Å². The summed E-state index contributed by atoms with van der Waals surface area (Å²) in [5.74, 6) is -9.36. The van der Waals surface area contributed by atoms with Gasteiger partial charge in [0.25, 0.3) is 33.7 Å². The molecule has 2 atom stereocenters. The van der Waals surface area contributed by atoms with Crippen LogP contribution in [0.5, 0.6) is 0 Å². The number of hydrogen-bond acceptors (Lipinski definition) is 16. The van der Waals surface area contributed by atoms with E-state index in [9.17, 15) is 55.2 Å². The first-order valence-electron chi connectivity index (χ1n) is 10.7. The number of carbonyl (C=O) groups is 8. The fourth-order valence-electron chi connectivity index (χ4n) is 2.92. The van der Waals surface area contributed by atoms with Gasteiger partial charge >= 0.3 is 23.9 Å². The third-order valence-corrected chi connectivity index (χ3v) is 6.82. The smallest absolute Gasteiger partial charge is 0.333 e. The molecule has 0 radical (unpaired) electrons. The van der Waals surface area contributed by atoms with Crippen LogP contribution in [0.4, 0.5) is 0 Å². The molecule has 19 nitrogen and oxygen atoms in total. The molecular weight excluding hydrogens is 580 g/mol. The summed E-state index contributed by atoms with van der Waals surface area (Å²) >= 11 is 0. The van der Waals surface area contributed by atoms with E-state index in [2.05, 4.69) is 19.1 Å². The summed E-state index contributed by atoms with van der Waals surface area (Å²) in [6.07, 6.45) is -4.12. The lowest BCUT2D eigenvalue weighted by molar-refractivity contribution is -0.197. The molecule has 1 N–H and O–H groups in total. The first-order valence-corrected chi connectivity index (χ1v) is 13.4. The zero-order chi connectivity index (χ0) is 29.5. The molecule has 2 heterocycles. The summed E-state index contributed by atoms with van der Waals surface area (Å²) in [6.45, 7) is -0.950. The van der Waals surface area contributed by atoms with Gasteiger partial charge < -0.3 is 19.1 Å². The highest BCUT2D eigenvalue weighted by atomic mass is 32.2. The van der Waals surface area contributed by atoms with Crippen LogP contribution in [0.15, 0.2) is 0 Å². The van der Waals surface area contributed by atoms with Gasteiger partial charge in [0.1, 0.15) is 18.5 Å². The average molecular weight is 600 g/mol. The first-order chi connectivity index (χ1) is 18.1. The van der Waals surface area contributed by atoms with Gasteiger partial charge in [-0.25, -0.2) is 18.0 Å². The molecule has 0 bridgehead atoms. The van der Waals surface area contributed by atoms with Gasteiger partial charge in [-0.1, -0.05) is 0 Å². The second kappa shape index (κ2) is 13.2. The Morgan fingerprint density at radius 3 is 1.54 bits per heavy atom. The number of hydrogen-bond donors (Lipinski definition) is 2. The van der Waals surface area contributed by atoms with Crippen molar-refractivity contribution in [2.24, 2.45) is 0 Å². The summed E-state index contributed by atoms with van der Waals surface area (Å²) in [4.78, 5) is 102. The number of hydroxylamine groups is 4. The minimum Gasteiger partial charge on any atom is -0.462 e. The molecule has 2 saturated heterocycles. The Morgan fingerprint density at radius 1 is 0.744 bits per heavy atom. The number of amides is 4. The Bertz CT molecular complexity index is 1260. The monoisotopic (exact) mass is 600 g/mol. The zero-order valence-electron chi connectivity index (χ0n) is 19.5. The van der Waals surface area contributed by atoms with E-state index in [-0.39, 0.29) is 10.1 Å². The standard InChI is InChI=1S/C18H20N2O17S2/c21-11-7-9(38(29)30)17(27)19(11)36-15(25)3-1-13(23)34-5-6-35-14(24)2-4-16(26)37-20-12(22)8-10(18(20)28)39(31,32)33/h9-10,38H,1-8H2,(H,31,32,33). The minimum atomic E-state index is -4.90. The van der Waals surface area contributed by atoms with E-state index in [0.29, 0.717) is 0 Å². The molecule has 0 aliphatic carbocycles. The molecule has 216 valence electrons. The molecule has 0 aromatic heterocycles. The summed E-state index contributed by atoms with van der Waals surface area (Å²) in [6, 6.07) is 0. The number of imide groups is 2. The number of ether oxygens (including phenoxy) is 2. The molecule has 2 aliphatic rings. The number of nitrogens with zero attached hydrogens (tertiary/aromatic N) is 2. The van der Waals surface area contributed by atoms with Crippen molar-refractivity contribution in [1.29, 1.82) is 0 Å². The van der Waals surface area contributed by atoms with Crippen molar-refractivity contribution in [2.75, 3.05) is 13.2 Å². The normalized spacial score (nSPS) is 19.4. The van der Waals surface area contributed by atoms with Gasteiger partial charge in [-0.05, 0) is 0 Å². The lowest BCUT2D eigenvalue weighted by Gasteiger charge is -2.13. The Balaban J connectivity index is 1.60. The number of thiol groups is 1. The van der Waals surface area contributed by atoms with Crippen molar-refractivity contribution in [1.82, 2.24) is 10.1 Å². The van der Waals surface area contributed by atoms with Crippen molar-refractivity contribution >= 4 is 68.3 Å². The SMILES string of the molecule is O=C(CCC(=O)ON1C(=O)CC([SH](=O)=O)C1=O)OCCOC(=O)CCC(=O)ON1C(=O)CC(S(=O)(=O)O)C1=O. The maximum Gasteiger partial charge on any atom is 0.333 e. The molecular formula is C18H20N2O17S2. The number of rotatable bonds is 13. The van der Waals surface area contributed by atoms with Crippen molar-refractivity contribution in [2.45, 2.75) is 49.0 Å². The molecule has 0 saturated carbocycles. The Kier molecular flexibility index (Phi) is 10.6. The lowest BCUT2D eigenvalue weighted by Crippen LogP contribution is -2.36. The van der Waals surface area contributed by atoms with Gasteiger partial charge in [0.15, 0.2) is 16.0 Å². The van der Waals surface area contributed by atoms with Crippen molar-refractivity contribution in [3.05, 3.63) is 0 Å². The predicted molar refractivity (Wildman–Crippen MR) is 115 cm³/mol. The maximum atomic E-state index is 11.8. The van der Waals surface area contributed by atoms with Crippen molar-refractivity contribution in [3.63, 3.8) is 0 Å².